The highest BCUT2D eigenvalue weighted by Gasteiger charge is 2.38. The van der Waals surface area contributed by atoms with E-state index in [0.717, 1.165) is 41.3 Å². The van der Waals surface area contributed by atoms with Crippen LogP contribution in [0.2, 0.25) is 0 Å². The van der Waals surface area contributed by atoms with Crippen LogP contribution in [0.3, 0.4) is 0 Å². The van der Waals surface area contributed by atoms with Crippen molar-refractivity contribution in [1.82, 2.24) is 5.32 Å². The zero-order valence-electron chi connectivity index (χ0n) is 27.0. The lowest BCUT2D eigenvalue weighted by Crippen LogP contribution is -2.55. The number of nitrogens with one attached hydrogen (secondary N) is 1. The maximum absolute atomic E-state index is 6.86. The van der Waals surface area contributed by atoms with E-state index in [1.807, 2.05) is 92.8 Å². The Balaban J connectivity index is -0.000000321. The molecule has 0 aliphatic heterocycles. The zero-order chi connectivity index (χ0) is 32.8. The Labute approximate surface area is 281 Å². The van der Waals surface area contributed by atoms with Crippen LogP contribution in [0.5, 0.6) is 11.5 Å². The fraction of sp³-hybridized carbons (Fsp3) is 0.500. The largest absolute Gasteiger partial charge is 0.497 e. The van der Waals surface area contributed by atoms with E-state index in [1.165, 1.54) is 0 Å². The number of benzene rings is 3. The minimum atomic E-state index is -0.785. The molecule has 0 aliphatic rings. The first kappa shape index (κ1) is 49.8. The van der Waals surface area contributed by atoms with Gasteiger partial charge in [0.2, 0.25) is 0 Å². The van der Waals surface area contributed by atoms with Gasteiger partial charge in [-0.05, 0) is 60.8 Å². The quantitative estimate of drug-likeness (QED) is 0.150. The van der Waals surface area contributed by atoms with Gasteiger partial charge in [-0.15, -0.1) is 0 Å². The third kappa shape index (κ3) is 17.0. The van der Waals surface area contributed by atoms with Gasteiger partial charge in [0.05, 0.1) is 19.8 Å². The molecule has 0 fully saturated rings. The molecule has 0 spiro atoms. The molecular weight excluding hydrogens is 576 g/mol. The average molecular weight is 647 g/mol. The maximum Gasteiger partial charge on any atom is 0.118 e. The van der Waals surface area contributed by atoms with Crippen LogP contribution in [-0.2, 0) is 5.54 Å². The Bertz CT molecular complexity index is 1010. The Morgan fingerprint density at radius 1 is 0.652 bits per heavy atom. The molecule has 46 heavy (non-hydrogen) atoms. The lowest BCUT2D eigenvalue weighted by atomic mass is 9.74. The summed E-state index contributed by atoms with van der Waals surface area (Å²) in [6.07, 6.45) is 0. The maximum atomic E-state index is 6.86. The van der Waals surface area contributed by atoms with Crippen LogP contribution < -0.4 is 54.9 Å². The van der Waals surface area contributed by atoms with Gasteiger partial charge in [0, 0.05) is 44.3 Å². The van der Waals surface area contributed by atoms with E-state index in [0.29, 0.717) is 13.1 Å². The molecule has 0 heterocycles. The molecule has 0 bridgehead atoms. The molecule has 10 nitrogen and oxygen atoms in total. The number of methoxy groups -OCH3 is 2. The van der Waals surface area contributed by atoms with Crippen LogP contribution in [0.25, 0.3) is 0 Å². The molecule has 0 aromatic heterocycles. The summed E-state index contributed by atoms with van der Waals surface area (Å²) in [7, 11) is 5.18. The topological polar surface area (TPSA) is 213 Å². The number of hydrogen-bond donors (Lipinski definition) is 8. The summed E-state index contributed by atoms with van der Waals surface area (Å²) in [5.41, 5.74) is 42.0. The summed E-state index contributed by atoms with van der Waals surface area (Å²) in [4.78, 5) is 0. The smallest absolute Gasteiger partial charge is 0.118 e. The molecule has 0 saturated carbocycles. The number of nitrogens with two attached hydrogens (primary N) is 7. The minimum Gasteiger partial charge on any atom is -0.497 e. The second kappa shape index (κ2) is 28.2. The van der Waals surface area contributed by atoms with Crippen LogP contribution in [0.1, 0.15) is 65.8 Å². The van der Waals surface area contributed by atoms with E-state index < -0.39 is 5.54 Å². The van der Waals surface area contributed by atoms with Crippen molar-refractivity contribution in [2.45, 2.75) is 66.7 Å². The summed E-state index contributed by atoms with van der Waals surface area (Å²) >= 11 is 0. The van der Waals surface area contributed by atoms with Gasteiger partial charge in [-0.2, -0.15) is 0 Å². The highest BCUT2D eigenvalue weighted by Crippen LogP contribution is 2.34. The summed E-state index contributed by atoms with van der Waals surface area (Å²) in [5, 5.41) is 2.89. The van der Waals surface area contributed by atoms with Crippen LogP contribution in [-0.4, -0.2) is 59.5 Å². The molecule has 3 aromatic carbocycles. The molecule has 0 amide bonds. The van der Waals surface area contributed by atoms with Crippen LogP contribution >= 0.6 is 0 Å². The standard InChI is InChI=1S/C19H26N2O2.C9H14N2.C3H10N2.C2H8N2.3CH4/c1-13(2)18(20)19(21,14-5-9-16(22-3)10-6-14)15-7-11-17(23-4)12-8-15;1-7(10)9(11)8-5-3-2-4-6-8;1-5-3-2-4;3-1-2-4;;;/h5-13,18H,20-21H2,1-4H3;2-7,9H,10-11H2,1H3;5H,2-4H2,1H3;1-4H2;3*1H4/t18-;7-,9+;;;;;/m11...../s1. The molecule has 0 aliphatic carbocycles. The van der Waals surface area contributed by atoms with Crippen molar-refractivity contribution in [3.05, 3.63) is 95.6 Å². The Morgan fingerprint density at radius 2 is 1.04 bits per heavy atom. The number of rotatable bonds is 11. The second-order valence-corrected chi connectivity index (χ2v) is 10.4. The predicted octanol–water partition coefficient (Wildman–Crippen LogP) is 3.90. The Morgan fingerprint density at radius 3 is 1.28 bits per heavy atom. The fourth-order valence-corrected chi connectivity index (χ4v) is 3.93. The molecule has 0 radical (unpaired) electrons. The van der Waals surface area contributed by atoms with E-state index in [1.54, 1.807) is 14.2 Å². The summed E-state index contributed by atoms with van der Waals surface area (Å²) in [6.45, 7) is 8.92. The first-order valence-electron chi connectivity index (χ1n) is 14.6. The van der Waals surface area contributed by atoms with Crippen molar-refractivity contribution < 1.29 is 9.47 Å². The molecule has 15 N–H and O–H groups in total. The SMILES string of the molecule is C.C.C.CNCCN.COc1ccc(C(N)(c2ccc(OC)cc2)[C@H](N)C(C)C)cc1.C[C@@H](N)[C@H](N)c1ccccc1.NCCN. The van der Waals surface area contributed by atoms with Crippen molar-refractivity contribution in [2.75, 3.05) is 47.4 Å². The molecule has 266 valence electrons. The summed E-state index contributed by atoms with van der Waals surface area (Å²) in [5.74, 6) is 1.82. The molecule has 3 atom stereocenters. The van der Waals surface area contributed by atoms with Gasteiger partial charge >= 0.3 is 0 Å². The third-order valence-corrected chi connectivity index (χ3v) is 6.69. The predicted molar refractivity (Wildman–Crippen MR) is 202 cm³/mol. The van der Waals surface area contributed by atoms with Gasteiger partial charge in [-0.1, -0.05) is 90.7 Å². The molecule has 0 saturated heterocycles. The van der Waals surface area contributed by atoms with E-state index in [9.17, 15) is 0 Å². The van der Waals surface area contributed by atoms with Crippen LogP contribution in [0.4, 0.5) is 0 Å². The minimum absolute atomic E-state index is 0. The van der Waals surface area contributed by atoms with Gasteiger partial charge in [-0.3, -0.25) is 0 Å². The highest BCUT2D eigenvalue weighted by atomic mass is 16.5. The highest BCUT2D eigenvalue weighted by molar-refractivity contribution is 5.44. The Kier molecular flexibility index (Phi) is 30.5. The van der Waals surface area contributed by atoms with Crippen molar-refractivity contribution in [1.29, 1.82) is 0 Å². The average Bonchev–Trinajstić information content (AvgIpc) is 3.05. The van der Waals surface area contributed by atoms with Crippen molar-refractivity contribution >= 4 is 0 Å². The fourth-order valence-electron chi connectivity index (χ4n) is 3.93. The molecule has 0 unspecified atom stereocenters. The van der Waals surface area contributed by atoms with Crippen molar-refractivity contribution in [3.8, 4) is 11.5 Å². The zero-order valence-corrected chi connectivity index (χ0v) is 27.0. The van der Waals surface area contributed by atoms with E-state index >= 15 is 0 Å². The van der Waals surface area contributed by atoms with Gasteiger partial charge in [-0.25, -0.2) is 0 Å². The molecule has 3 rings (SSSR count). The van der Waals surface area contributed by atoms with E-state index in [4.69, 9.17) is 49.6 Å². The van der Waals surface area contributed by atoms with Crippen molar-refractivity contribution in [3.63, 3.8) is 0 Å². The number of hydrogen-bond acceptors (Lipinski definition) is 10. The van der Waals surface area contributed by atoms with E-state index in [2.05, 4.69) is 19.2 Å². The summed E-state index contributed by atoms with van der Waals surface area (Å²) in [6, 6.07) is 25.2. The van der Waals surface area contributed by atoms with Crippen LogP contribution in [0, 0.1) is 5.92 Å². The van der Waals surface area contributed by atoms with Gasteiger partial charge < -0.3 is 54.9 Å². The first-order chi connectivity index (χ1) is 20.5. The van der Waals surface area contributed by atoms with Gasteiger partial charge in [0.25, 0.3) is 0 Å². The molecular formula is C36H70N8O2. The molecule has 10 heteroatoms. The number of ether oxygens (including phenoxy) is 2. The van der Waals surface area contributed by atoms with Gasteiger partial charge in [0.1, 0.15) is 11.5 Å². The monoisotopic (exact) mass is 647 g/mol. The third-order valence-electron chi connectivity index (χ3n) is 6.69. The van der Waals surface area contributed by atoms with Crippen LogP contribution in [0.15, 0.2) is 78.9 Å². The van der Waals surface area contributed by atoms with Gasteiger partial charge in [0.15, 0.2) is 0 Å². The normalized spacial score (nSPS) is 11.9. The molecule has 3 aromatic rings. The van der Waals surface area contributed by atoms with Crippen molar-refractivity contribution in [2.24, 2.45) is 46.1 Å². The first-order valence-corrected chi connectivity index (χ1v) is 14.6. The number of likely N-dealkylation sites (N-methyl/N-ethyl adjacent to an activating group) is 1. The summed E-state index contributed by atoms with van der Waals surface area (Å²) < 4.78 is 10.5. The van der Waals surface area contributed by atoms with E-state index in [-0.39, 0.29) is 46.3 Å². The lowest BCUT2D eigenvalue weighted by Gasteiger charge is -2.38. The second-order valence-electron chi connectivity index (χ2n) is 10.4. The Hall–Kier alpha value is -3.06. The lowest BCUT2D eigenvalue weighted by molar-refractivity contribution is 0.336.